The van der Waals surface area contributed by atoms with Crippen molar-refractivity contribution in [2.45, 2.75) is 6.54 Å². The predicted octanol–water partition coefficient (Wildman–Crippen LogP) is 0.317. The number of nitrogens with two attached hydrogens (primary N) is 1. The van der Waals surface area contributed by atoms with Crippen LogP contribution in [-0.2, 0) is 6.54 Å². The van der Waals surface area contributed by atoms with Crippen molar-refractivity contribution in [2.75, 3.05) is 5.73 Å². The van der Waals surface area contributed by atoms with E-state index in [0.29, 0.717) is 6.54 Å². The van der Waals surface area contributed by atoms with Crippen LogP contribution in [0.1, 0.15) is 16.1 Å². The van der Waals surface area contributed by atoms with E-state index in [0.717, 1.165) is 5.56 Å². The maximum absolute atomic E-state index is 11.6. The minimum atomic E-state index is -0.271. The molecule has 0 radical (unpaired) electrons. The molecule has 2 heterocycles. The van der Waals surface area contributed by atoms with Crippen LogP contribution in [0.4, 0.5) is 5.82 Å². The van der Waals surface area contributed by atoms with Crippen molar-refractivity contribution in [3.05, 3.63) is 42.1 Å². The maximum atomic E-state index is 11.6. The first kappa shape index (κ1) is 10.2. The number of hydrogen-bond donors (Lipinski definition) is 3. The minimum Gasteiger partial charge on any atom is -0.382 e. The van der Waals surface area contributed by atoms with Crippen LogP contribution >= 0.6 is 0 Å². The summed E-state index contributed by atoms with van der Waals surface area (Å²) in [4.78, 5) is 21.9. The minimum absolute atomic E-state index is 0.201. The largest absolute Gasteiger partial charge is 0.382 e. The first-order chi connectivity index (χ1) is 7.77. The number of nitrogen functional groups attached to an aromatic ring is 1. The molecule has 0 bridgehead atoms. The van der Waals surface area contributed by atoms with E-state index >= 15 is 0 Å². The molecule has 2 aromatic heterocycles. The summed E-state index contributed by atoms with van der Waals surface area (Å²) in [5.41, 5.74) is 6.76. The molecule has 0 spiro atoms. The maximum Gasteiger partial charge on any atom is 0.271 e. The van der Waals surface area contributed by atoms with Gasteiger partial charge in [-0.1, -0.05) is 0 Å². The normalized spacial score (nSPS) is 10.0. The Labute approximate surface area is 91.9 Å². The third-order valence-electron chi connectivity index (χ3n) is 2.10. The van der Waals surface area contributed by atoms with Crippen LogP contribution in [0.15, 0.2) is 30.9 Å². The summed E-state index contributed by atoms with van der Waals surface area (Å²) in [7, 11) is 0. The monoisotopic (exact) mass is 217 g/mol. The summed E-state index contributed by atoms with van der Waals surface area (Å²) in [6, 6.07) is 3.66. The van der Waals surface area contributed by atoms with E-state index in [-0.39, 0.29) is 17.4 Å². The van der Waals surface area contributed by atoms with Gasteiger partial charge in [-0.15, -0.1) is 0 Å². The van der Waals surface area contributed by atoms with Crippen LogP contribution in [0, 0.1) is 0 Å². The molecule has 82 valence electrons. The lowest BCUT2D eigenvalue weighted by Crippen LogP contribution is -2.24. The number of nitrogens with zero attached hydrogens (tertiary/aromatic N) is 2. The fraction of sp³-hybridized carbons (Fsp3) is 0.100. The number of carbonyl (C=O) groups excluding carboxylic acids is 1. The molecule has 0 saturated heterocycles. The van der Waals surface area contributed by atoms with Gasteiger partial charge < -0.3 is 16.0 Å². The molecule has 6 heteroatoms. The highest BCUT2D eigenvalue weighted by Crippen LogP contribution is 2.04. The highest BCUT2D eigenvalue weighted by atomic mass is 16.1. The second-order valence-electron chi connectivity index (χ2n) is 3.20. The Hall–Kier alpha value is -2.37. The standard InChI is InChI=1S/C10H11N5O/c11-9-8(14-6-15-9)10(16)13-5-7-1-3-12-4-2-7/h1-4,6H,5,11H2,(H,13,16)(H,14,15). The highest BCUT2D eigenvalue weighted by molar-refractivity contribution is 5.96. The predicted molar refractivity (Wildman–Crippen MR) is 58.4 cm³/mol. The van der Waals surface area contributed by atoms with Gasteiger partial charge in [0.25, 0.3) is 5.91 Å². The number of nitrogens with one attached hydrogen (secondary N) is 2. The zero-order chi connectivity index (χ0) is 11.4. The van der Waals surface area contributed by atoms with Gasteiger partial charge >= 0.3 is 0 Å². The highest BCUT2D eigenvalue weighted by Gasteiger charge is 2.10. The van der Waals surface area contributed by atoms with Crippen LogP contribution in [0.3, 0.4) is 0 Å². The van der Waals surface area contributed by atoms with Crippen LogP contribution in [-0.4, -0.2) is 20.9 Å². The summed E-state index contributed by atoms with van der Waals surface area (Å²) in [5, 5.41) is 2.72. The molecule has 0 aliphatic rings. The molecular weight excluding hydrogens is 206 g/mol. The SMILES string of the molecule is Nc1nc[nH]c1C(=O)NCc1ccncc1. The van der Waals surface area contributed by atoms with Crippen LogP contribution in [0.2, 0.25) is 0 Å². The van der Waals surface area contributed by atoms with Crippen LogP contribution in [0.25, 0.3) is 0 Å². The van der Waals surface area contributed by atoms with E-state index in [1.165, 1.54) is 6.33 Å². The van der Waals surface area contributed by atoms with Gasteiger partial charge in [0.1, 0.15) is 5.69 Å². The fourth-order valence-corrected chi connectivity index (χ4v) is 1.26. The van der Waals surface area contributed by atoms with Gasteiger partial charge in [0.15, 0.2) is 5.82 Å². The van der Waals surface area contributed by atoms with E-state index in [1.807, 2.05) is 12.1 Å². The van der Waals surface area contributed by atoms with Crippen molar-refractivity contribution in [1.29, 1.82) is 0 Å². The van der Waals surface area contributed by atoms with Crippen molar-refractivity contribution < 1.29 is 4.79 Å². The van der Waals surface area contributed by atoms with Crippen LogP contribution in [0.5, 0.6) is 0 Å². The van der Waals surface area contributed by atoms with Gasteiger partial charge in [0.05, 0.1) is 6.33 Å². The Kier molecular flexibility index (Phi) is 2.81. The third-order valence-corrected chi connectivity index (χ3v) is 2.10. The lowest BCUT2D eigenvalue weighted by molar-refractivity contribution is 0.0947. The fourth-order valence-electron chi connectivity index (χ4n) is 1.26. The second kappa shape index (κ2) is 4.43. The number of aromatic amines is 1. The zero-order valence-corrected chi connectivity index (χ0v) is 8.47. The molecule has 0 aromatic carbocycles. The first-order valence-electron chi connectivity index (χ1n) is 4.73. The van der Waals surface area contributed by atoms with E-state index in [4.69, 9.17) is 5.73 Å². The molecule has 0 saturated carbocycles. The number of pyridine rings is 1. The van der Waals surface area contributed by atoms with Crippen molar-refractivity contribution in [1.82, 2.24) is 20.3 Å². The lowest BCUT2D eigenvalue weighted by Gasteiger charge is -2.03. The van der Waals surface area contributed by atoms with Crippen molar-refractivity contribution in [2.24, 2.45) is 0 Å². The van der Waals surface area contributed by atoms with E-state index in [1.54, 1.807) is 12.4 Å². The Morgan fingerprint density at radius 3 is 2.81 bits per heavy atom. The molecule has 6 nitrogen and oxygen atoms in total. The average molecular weight is 217 g/mol. The number of imidazole rings is 1. The summed E-state index contributed by atoms with van der Waals surface area (Å²) in [6.07, 6.45) is 4.73. The van der Waals surface area contributed by atoms with Gasteiger partial charge in [-0.05, 0) is 17.7 Å². The number of H-pyrrole nitrogens is 1. The first-order valence-corrected chi connectivity index (χ1v) is 4.73. The van der Waals surface area contributed by atoms with Gasteiger partial charge in [0, 0.05) is 18.9 Å². The molecular formula is C10H11N5O. The molecule has 16 heavy (non-hydrogen) atoms. The summed E-state index contributed by atoms with van der Waals surface area (Å²) in [5.74, 6) is -0.0703. The smallest absolute Gasteiger partial charge is 0.271 e. The number of amides is 1. The lowest BCUT2D eigenvalue weighted by atomic mass is 10.2. The molecule has 1 amide bonds. The quantitative estimate of drug-likeness (QED) is 0.689. The van der Waals surface area contributed by atoms with Gasteiger partial charge in [-0.3, -0.25) is 9.78 Å². The molecule has 0 aliphatic carbocycles. The molecule has 0 atom stereocenters. The number of anilines is 1. The summed E-state index contributed by atoms with van der Waals surface area (Å²) in [6.45, 7) is 0.430. The zero-order valence-electron chi connectivity index (χ0n) is 8.47. The Bertz CT molecular complexity index is 479. The molecule has 0 unspecified atom stereocenters. The third kappa shape index (κ3) is 2.17. The molecule has 2 aromatic rings. The van der Waals surface area contributed by atoms with Gasteiger partial charge in [-0.2, -0.15) is 0 Å². The van der Waals surface area contributed by atoms with E-state index in [9.17, 15) is 4.79 Å². The van der Waals surface area contributed by atoms with E-state index in [2.05, 4.69) is 20.3 Å². The Balaban J connectivity index is 1.97. The number of hydrogen-bond acceptors (Lipinski definition) is 4. The van der Waals surface area contributed by atoms with E-state index < -0.39 is 0 Å². The van der Waals surface area contributed by atoms with Gasteiger partial charge in [0.2, 0.25) is 0 Å². The molecule has 0 aliphatic heterocycles. The number of aromatic nitrogens is 3. The number of rotatable bonds is 3. The van der Waals surface area contributed by atoms with Crippen molar-refractivity contribution in [3.8, 4) is 0 Å². The van der Waals surface area contributed by atoms with Crippen LogP contribution < -0.4 is 11.1 Å². The molecule has 4 N–H and O–H groups in total. The average Bonchev–Trinajstić information content (AvgIpc) is 2.74. The summed E-state index contributed by atoms with van der Waals surface area (Å²) >= 11 is 0. The number of carbonyl (C=O) groups is 1. The molecule has 0 fully saturated rings. The Morgan fingerprint density at radius 2 is 2.19 bits per heavy atom. The van der Waals surface area contributed by atoms with Crippen molar-refractivity contribution in [3.63, 3.8) is 0 Å². The second-order valence-corrected chi connectivity index (χ2v) is 3.20. The topological polar surface area (TPSA) is 96.7 Å². The Morgan fingerprint density at radius 1 is 1.44 bits per heavy atom. The van der Waals surface area contributed by atoms with Crippen molar-refractivity contribution >= 4 is 11.7 Å². The van der Waals surface area contributed by atoms with Gasteiger partial charge in [-0.25, -0.2) is 4.98 Å². The summed E-state index contributed by atoms with van der Waals surface area (Å²) < 4.78 is 0. The molecule has 2 rings (SSSR count).